The van der Waals surface area contributed by atoms with Crippen LogP contribution in [0.5, 0.6) is 5.75 Å². The molecule has 0 spiro atoms. The number of nitriles is 1. The predicted octanol–water partition coefficient (Wildman–Crippen LogP) is 1.21. The normalized spacial score (nSPS) is 18.2. The van der Waals surface area contributed by atoms with E-state index in [2.05, 4.69) is 0 Å². The molecule has 0 fully saturated rings. The smallest absolute Gasteiger partial charge is 0.325 e. The van der Waals surface area contributed by atoms with Gasteiger partial charge in [-0.25, -0.2) is 4.79 Å². The molecule has 1 aliphatic heterocycles. The van der Waals surface area contributed by atoms with Crippen LogP contribution in [0.15, 0.2) is 35.5 Å². The Bertz CT molecular complexity index is 771. The van der Waals surface area contributed by atoms with Crippen LogP contribution >= 0.6 is 11.6 Å². The Morgan fingerprint density at radius 3 is 2.86 bits per heavy atom. The number of ether oxygens (including phenoxy) is 1. The minimum atomic E-state index is -4.54. The molecule has 1 heterocycles. The molecule has 1 unspecified atom stereocenters. The molecule has 0 saturated heterocycles. The van der Waals surface area contributed by atoms with Crippen molar-refractivity contribution in [3.8, 4) is 11.8 Å². The number of carbonyl (C=O) groups is 1. The summed E-state index contributed by atoms with van der Waals surface area (Å²) in [5.41, 5.74) is 0.389. The van der Waals surface area contributed by atoms with Crippen LogP contribution in [0.2, 0.25) is 0 Å². The standard InChI is InChI=1S/C12H10ClN3O5S/c13-10-6-16(12(17)15-11(10)22(18,19)20)7-21-9-3-1-2-8(4-9)5-14/h1-4,6,11H,7H2,(H,15,17)(H,18,19,20). The molecular formula is C12H10ClN3O5S. The molecule has 8 nitrogen and oxygen atoms in total. The Labute approximate surface area is 131 Å². The summed E-state index contributed by atoms with van der Waals surface area (Å²) in [5, 5.41) is 8.83. The molecule has 2 N–H and O–H groups in total. The number of amides is 2. The van der Waals surface area contributed by atoms with E-state index in [1.54, 1.807) is 18.2 Å². The van der Waals surface area contributed by atoms with Gasteiger partial charge in [0.1, 0.15) is 5.75 Å². The van der Waals surface area contributed by atoms with Crippen molar-refractivity contribution in [2.24, 2.45) is 0 Å². The van der Waals surface area contributed by atoms with Gasteiger partial charge in [0.05, 0.1) is 16.7 Å². The van der Waals surface area contributed by atoms with Crippen molar-refractivity contribution in [3.63, 3.8) is 0 Å². The summed E-state index contributed by atoms with van der Waals surface area (Å²) < 4.78 is 36.3. The van der Waals surface area contributed by atoms with E-state index in [-0.39, 0.29) is 11.8 Å². The maximum Gasteiger partial charge on any atom is 0.325 e. The minimum Gasteiger partial charge on any atom is -0.473 e. The van der Waals surface area contributed by atoms with Crippen molar-refractivity contribution in [2.45, 2.75) is 5.37 Å². The number of urea groups is 1. The van der Waals surface area contributed by atoms with Crippen molar-refractivity contribution in [2.75, 3.05) is 6.73 Å². The highest BCUT2D eigenvalue weighted by Crippen LogP contribution is 2.20. The lowest BCUT2D eigenvalue weighted by atomic mass is 10.2. The van der Waals surface area contributed by atoms with Gasteiger partial charge in [-0.05, 0) is 18.2 Å². The number of hydrogen-bond donors (Lipinski definition) is 2. The van der Waals surface area contributed by atoms with Gasteiger partial charge in [0, 0.05) is 6.20 Å². The molecule has 1 aliphatic rings. The largest absolute Gasteiger partial charge is 0.473 e. The maximum atomic E-state index is 11.7. The molecule has 10 heteroatoms. The SMILES string of the molecule is N#Cc1cccc(OCN2C=C(Cl)C(S(=O)(=O)O)NC2=O)c1. The number of nitrogens with zero attached hydrogens (tertiary/aromatic N) is 2. The number of hydrogen-bond acceptors (Lipinski definition) is 5. The fraction of sp³-hybridized carbons (Fsp3) is 0.167. The van der Waals surface area contributed by atoms with Gasteiger partial charge < -0.3 is 10.1 Å². The molecule has 0 bridgehead atoms. The molecule has 2 amide bonds. The molecule has 1 atom stereocenters. The lowest BCUT2D eigenvalue weighted by molar-refractivity contribution is 0.161. The molecule has 22 heavy (non-hydrogen) atoms. The Hall–Kier alpha value is -2.28. The van der Waals surface area contributed by atoms with Crippen molar-refractivity contribution >= 4 is 27.8 Å². The third-order valence-corrected chi connectivity index (χ3v) is 4.09. The van der Waals surface area contributed by atoms with Crippen LogP contribution in [-0.4, -0.2) is 36.0 Å². The molecular weight excluding hydrogens is 334 g/mol. The second-order valence-electron chi connectivity index (χ2n) is 4.24. The summed E-state index contributed by atoms with van der Waals surface area (Å²) in [7, 11) is -4.54. The molecule has 0 aromatic heterocycles. The highest BCUT2D eigenvalue weighted by molar-refractivity contribution is 7.86. The first-order chi connectivity index (χ1) is 10.3. The lowest BCUT2D eigenvalue weighted by Gasteiger charge is -2.27. The van der Waals surface area contributed by atoms with Gasteiger partial charge in [-0.3, -0.25) is 9.45 Å². The number of rotatable bonds is 4. The second kappa shape index (κ2) is 6.23. The van der Waals surface area contributed by atoms with Crippen molar-refractivity contribution < 1.29 is 22.5 Å². The van der Waals surface area contributed by atoms with Crippen LogP contribution in [0.1, 0.15) is 5.56 Å². The number of carbonyl (C=O) groups excluding carboxylic acids is 1. The van der Waals surface area contributed by atoms with Crippen LogP contribution < -0.4 is 10.1 Å². The molecule has 2 rings (SSSR count). The average Bonchev–Trinajstić information content (AvgIpc) is 2.46. The number of nitrogens with one attached hydrogen (secondary N) is 1. The Morgan fingerprint density at radius 1 is 1.50 bits per heavy atom. The van der Waals surface area contributed by atoms with E-state index in [1.807, 2.05) is 11.4 Å². The average molecular weight is 344 g/mol. The van der Waals surface area contributed by atoms with Gasteiger partial charge in [-0.15, -0.1) is 0 Å². The van der Waals surface area contributed by atoms with Gasteiger partial charge in [0.2, 0.25) is 0 Å². The summed E-state index contributed by atoms with van der Waals surface area (Å²) in [5.74, 6) is 0.355. The third kappa shape index (κ3) is 3.67. The molecule has 0 radical (unpaired) electrons. The van der Waals surface area contributed by atoms with Crippen molar-refractivity contribution in [1.29, 1.82) is 5.26 Å². The highest BCUT2D eigenvalue weighted by atomic mass is 35.5. The highest BCUT2D eigenvalue weighted by Gasteiger charge is 2.34. The second-order valence-corrected chi connectivity index (χ2v) is 6.18. The minimum absolute atomic E-state index is 0.255. The van der Waals surface area contributed by atoms with Crippen LogP contribution in [0.4, 0.5) is 4.79 Å². The van der Waals surface area contributed by atoms with Crippen molar-refractivity contribution in [3.05, 3.63) is 41.1 Å². The Kier molecular flexibility index (Phi) is 4.56. The van der Waals surface area contributed by atoms with E-state index in [0.717, 1.165) is 11.1 Å². The summed E-state index contributed by atoms with van der Waals surface area (Å²) >= 11 is 5.72. The van der Waals surface area contributed by atoms with Gasteiger partial charge in [-0.1, -0.05) is 17.7 Å². The zero-order chi connectivity index (χ0) is 16.3. The van der Waals surface area contributed by atoms with Crippen molar-refractivity contribution in [1.82, 2.24) is 10.2 Å². The van der Waals surface area contributed by atoms with Gasteiger partial charge in [0.15, 0.2) is 12.1 Å². The van der Waals surface area contributed by atoms with Gasteiger partial charge in [-0.2, -0.15) is 13.7 Å². The fourth-order valence-corrected chi connectivity index (χ4v) is 2.76. The van der Waals surface area contributed by atoms with Crippen LogP contribution in [0.25, 0.3) is 0 Å². The van der Waals surface area contributed by atoms with Crippen LogP contribution in [0, 0.1) is 11.3 Å². The zero-order valence-electron chi connectivity index (χ0n) is 10.9. The first kappa shape index (κ1) is 16.1. The van der Waals surface area contributed by atoms with Crippen LogP contribution in [-0.2, 0) is 10.1 Å². The summed E-state index contributed by atoms with van der Waals surface area (Å²) in [4.78, 5) is 12.7. The lowest BCUT2D eigenvalue weighted by Crippen LogP contribution is -2.51. The first-order valence-corrected chi connectivity index (χ1v) is 7.73. The van der Waals surface area contributed by atoms with Gasteiger partial charge in [0.25, 0.3) is 10.1 Å². The quantitative estimate of drug-likeness (QED) is 0.793. The molecule has 0 saturated carbocycles. The Balaban J connectivity index is 2.09. The maximum absolute atomic E-state index is 11.7. The number of halogens is 1. The van der Waals surface area contributed by atoms with E-state index in [1.165, 1.54) is 6.07 Å². The van der Waals surface area contributed by atoms with E-state index in [4.69, 9.17) is 26.2 Å². The molecule has 1 aromatic carbocycles. The Morgan fingerprint density at radius 2 is 2.23 bits per heavy atom. The van der Waals surface area contributed by atoms with Crippen LogP contribution in [0.3, 0.4) is 0 Å². The first-order valence-electron chi connectivity index (χ1n) is 5.85. The van der Waals surface area contributed by atoms with E-state index in [0.29, 0.717) is 11.3 Å². The monoisotopic (exact) mass is 343 g/mol. The molecule has 0 aliphatic carbocycles. The summed E-state index contributed by atoms with van der Waals surface area (Å²) in [6.45, 7) is -0.255. The van der Waals surface area contributed by atoms with E-state index < -0.39 is 21.5 Å². The zero-order valence-corrected chi connectivity index (χ0v) is 12.5. The predicted molar refractivity (Wildman–Crippen MR) is 76.3 cm³/mol. The third-order valence-electron chi connectivity index (χ3n) is 2.68. The number of benzene rings is 1. The topological polar surface area (TPSA) is 120 Å². The van der Waals surface area contributed by atoms with E-state index >= 15 is 0 Å². The molecule has 1 aromatic rings. The van der Waals surface area contributed by atoms with E-state index in [9.17, 15) is 13.2 Å². The summed E-state index contributed by atoms with van der Waals surface area (Å²) in [6.07, 6.45) is 1.05. The van der Waals surface area contributed by atoms with Gasteiger partial charge >= 0.3 is 6.03 Å². The summed E-state index contributed by atoms with van der Waals surface area (Å²) in [6, 6.07) is 7.42. The fourth-order valence-electron chi connectivity index (χ4n) is 1.65. The molecule has 116 valence electrons.